The summed E-state index contributed by atoms with van der Waals surface area (Å²) in [4.78, 5) is 29.2. The van der Waals surface area contributed by atoms with E-state index in [0.717, 1.165) is 22.6 Å². The maximum atomic E-state index is 12.2. The Morgan fingerprint density at radius 3 is 2.84 bits per heavy atom. The summed E-state index contributed by atoms with van der Waals surface area (Å²) >= 11 is 1.43. The normalized spacial score (nSPS) is 10.8. The molecule has 7 heteroatoms. The summed E-state index contributed by atoms with van der Waals surface area (Å²) in [5.74, 6) is 0.736. The number of fused-ring (bicyclic) bond motifs is 1. The van der Waals surface area contributed by atoms with Gasteiger partial charge in [-0.1, -0.05) is 12.1 Å². The Morgan fingerprint density at radius 1 is 1.28 bits per heavy atom. The third kappa shape index (κ3) is 4.24. The number of amides is 1. The maximum absolute atomic E-state index is 12.2. The fourth-order valence-corrected chi connectivity index (χ4v) is 3.22. The molecule has 25 heavy (non-hydrogen) atoms. The van der Waals surface area contributed by atoms with Crippen LogP contribution >= 0.6 is 11.3 Å². The van der Waals surface area contributed by atoms with Crippen molar-refractivity contribution in [3.63, 3.8) is 0 Å². The number of aryl methyl sites for hydroxylation is 1. The first-order valence-corrected chi connectivity index (χ1v) is 8.87. The Morgan fingerprint density at radius 2 is 2.08 bits per heavy atom. The molecule has 0 aliphatic heterocycles. The van der Waals surface area contributed by atoms with Crippen molar-refractivity contribution in [2.24, 2.45) is 0 Å². The largest absolute Gasteiger partial charge is 0.497 e. The standard InChI is InChI=1S/C18H19N3O3S/c1-24-14-4-2-13(3-5-14)6-9-19-16(22)7-10-21-12-20-17-15(18(21)23)8-11-25-17/h2-5,8,11-12H,6-7,9-10H2,1H3,(H,19,22). The minimum Gasteiger partial charge on any atom is -0.497 e. The molecule has 0 bridgehead atoms. The van der Waals surface area contributed by atoms with E-state index in [1.54, 1.807) is 13.2 Å². The maximum Gasteiger partial charge on any atom is 0.262 e. The van der Waals surface area contributed by atoms with E-state index in [1.807, 2.05) is 29.6 Å². The van der Waals surface area contributed by atoms with E-state index < -0.39 is 0 Å². The van der Waals surface area contributed by atoms with Crippen LogP contribution in [0.25, 0.3) is 10.2 Å². The number of carbonyl (C=O) groups excluding carboxylic acids is 1. The Kier molecular flexibility index (Phi) is 5.45. The molecule has 0 aliphatic carbocycles. The highest BCUT2D eigenvalue weighted by molar-refractivity contribution is 7.16. The second-order valence-electron chi connectivity index (χ2n) is 5.58. The van der Waals surface area contributed by atoms with Crippen LogP contribution in [0.1, 0.15) is 12.0 Å². The van der Waals surface area contributed by atoms with Crippen molar-refractivity contribution in [2.45, 2.75) is 19.4 Å². The van der Waals surface area contributed by atoms with Crippen molar-refractivity contribution in [2.75, 3.05) is 13.7 Å². The molecule has 3 aromatic rings. The first-order chi connectivity index (χ1) is 12.2. The number of methoxy groups -OCH3 is 1. The second-order valence-corrected chi connectivity index (χ2v) is 6.48. The van der Waals surface area contributed by atoms with E-state index >= 15 is 0 Å². The lowest BCUT2D eigenvalue weighted by Gasteiger charge is -2.07. The number of ether oxygens (including phenoxy) is 1. The predicted octanol–water partition coefficient (Wildman–Crippen LogP) is 2.22. The molecular formula is C18H19N3O3S. The summed E-state index contributed by atoms with van der Waals surface area (Å²) in [5.41, 5.74) is 1.03. The molecule has 130 valence electrons. The summed E-state index contributed by atoms with van der Waals surface area (Å²) in [5, 5.41) is 5.32. The van der Waals surface area contributed by atoms with Gasteiger partial charge in [0.1, 0.15) is 10.6 Å². The fourth-order valence-electron chi connectivity index (χ4n) is 2.50. The molecule has 0 saturated carbocycles. The van der Waals surface area contributed by atoms with Crippen LogP contribution in [0, 0.1) is 0 Å². The lowest BCUT2D eigenvalue weighted by atomic mass is 10.1. The van der Waals surface area contributed by atoms with Crippen LogP contribution in [0.2, 0.25) is 0 Å². The van der Waals surface area contributed by atoms with Crippen LogP contribution in [0.15, 0.2) is 46.8 Å². The molecule has 6 nitrogen and oxygen atoms in total. The highest BCUT2D eigenvalue weighted by atomic mass is 32.1. The highest BCUT2D eigenvalue weighted by Gasteiger charge is 2.07. The minimum absolute atomic E-state index is 0.0779. The first-order valence-electron chi connectivity index (χ1n) is 7.99. The number of hydrogen-bond donors (Lipinski definition) is 1. The summed E-state index contributed by atoms with van der Waals surface area (Å²) < 4.78 is 6.60. The van der Waals surface area contributed by atoms with E-state index in [2.05, 4.69) is 10.3 Å². The van der Waals surface area contributed by atoms with Gasteiger partial charge in [-0.05, 0) is 35.6 Å². The van der Waals surface area contributed by atoms with E-state index in [1.165, 1.54) is 22.2 Å². The molecule has 0 fully saturated rings. The van der Waals surface area contributed by atoms with Gasteiger partial charge < -0.3 is 10.1 Å². The number of nitrogens with one attached hydrogen (secondary N) is 1. The minimum atomic E-state index is -0.0997. The van der Waals surface area contributed by atoms with Gasteiger partial charge in [0, 0.05) is 19.5 Å². The summed E-state index contributed by atoms with van der Waals surface area (Å²) in [6, 6.07) is 9.52. The van der Waals surface area contributed by atoms with E-state index in [4.69, 9.17) is 4.74 Å². The number of thiophene rings is 1. The van der Waals surface area contributed by atoms with Gasteiger partial charge in [0.05, 0.1) is 18.8 Å². The molecular weight excluding hydrogens is 338 g/mol. The topological polar surface area (TPSA) is 73.2 Å². The third-order valence-corrected chi connectivity index (χ3v) is 4.75. The molecule has 0 aliphatic rings. The highest BCUT2D eigenvalue weighted by Crippen LogP contribution is 2.13. The fraction of sp³-hybridized carbons (Fsp3) is 0.278. The Bertz CT molecular complexity index is 915. The van der Waals surface area contributed by atoms with Gasteiger partial charge in [0.25, 0.3) is 5.56 Å². The van der Waals surface area contributed by atoms with Crippen molar-refractivity contribution >= 4 is 27.5 Å². The monoisotopic (exact) mass is 357 g/mol. The van der Waals surface area contributed by atoms with Gasteiger partial charge in [-0.3, -0.25) is 14.2 Å². The molecule has 3 rings (SSSR count). The van der Waals surface area contributed by atoms with Gasteiger partial charge >= 0.3 is 0 Å². The van der Waals surface area contributed by atoms with Crippen LogP contribution in [-0.4, -0.2) is 29.1 Å². The molecule has 1 aromatic carbocycles. The molecule has 0 radical (unpaired) electrons. The van der Waals surface area contributed by atoms with Gasteiger partial charge in [0.15, 0.2) is 0 Å². The van der Waals surface area contributed by atoms with Gasteiger partial charge in [-0.2, -0.15) is 0 Å². The van der Waals surface area contributed by atoms with Gasteiger partial charge in [-0.25, -0.2) is 4.98 Å². The SMILES string of the molecule is COc1ccc(CCNC(=O)CCn2cnc3sccc3c2=O)cc1. The number of carbonyl (C=O) groups is 1. The van der Waals surface area contributed by atoms with Crippen molar-refractivity contribution < 1.29 is 9.53 Å². The average molecular weight is 357 g/mol. The summed E-state index contributed by atoms with van der Waals surface area (Å²) in [6.45, 7) is 0.883. The molecule has 2 aromatic heterocycles. The molecule has 0 saturated heterocycles. The van der Waals surface area contributed by atoms with Crippen LogP contribution in [-0.2, 0) is 17.8 Å². The lowest BCUT2D eigenvalue weighted by Crippen LogP contribution is -2.28. The second kappa shape index (κ2) is 7.94. The predicted molar refractivity (Wildman–Crippen MR) is 98.2 cm³/mol. The number of rotatable bonds is 7. The number of benzene rings is 1. The number of aromatic nitrogens is 2. The first kappa shape index (κ1) is 17.2. The quantitative estimate of drug-likeness (QED) is 0.704. The zero-order valence-electron chi connectivity index (χ0n) is 13.9. The van der Waals surface area contributed by atoms with Crippen molar-refractivity contribution in [1.29, 1.82) is 0 Å². The molecule has 2 heterocycles. The summed E-state index contributed by atoms with van der Waals surface area (Å²) in [7, 11) is 1.63. The molecule has 1 N–H and O–H groups in total. The lowest BCUT2D eigenvalue weighted by molar-refractivity contribution is -0.121. The van der Waals surface area contributed by atoms with E-state index in [0.29, 0.717) is 18.5 Å². The Balaban J connectivity index is 1.47. The zero-order valence-corrected chi connectivity index (χ0v) is 14.7. The van der Waals surface area contributed by atoms with Crippen molar-refractivity contribution in [1.82, 2.24) is 14.9 Å². The average Bonchev–Trinajstić information content (AvgIpc) is 3.11. The van der Waals surface area contributed by atoms with Gasteiger partial charge in [-0.15, -0.1) is 11.3 Å². The van der Waals surface area contributed by atoms with Crippen molar-refractivity contribution in [3.05, 3.63) is 58.0 Å². The van der Waals surface area contributed by atoms with Crippen molar-refractivity contribution in [3.8, 4) is 5.75 Å². The van der Waals surface area contributed by atoms with Crippen LogP contribution in [0.4, 0.5) is 0 Å². The molecule has 0 spiro atoms. The molecule has 0 unspecified atom stereocenters. The Hall–Kier alpha value is -2.67. The molecule has 1 amide bonds. The van der Waals surface area contributed by atoms with Crippen LogP contribution in [0.3, 0.4) is 0 Å². The molecule has 0 atom stereocenters. The zero-order chi connectivity index (χ0) is 17.6. The van der Waals surface area contributed by atoms with E-state index in [-0.39, 0.29) is 17.9 Å². The summed E-state index contributed by atoms with van der Waals surface area (Å²) in [6.07, 6.45) is 2.50. The van der Waals surface area contributed by atoms with Crippen LogP contribution in [0.5, 0.6) is 5.75 Å². The number of hydrogen-bond acceptors (Lipinski definition) is 5. The third-order valence-electron chi connectivity index (χ3n) is 3.93. The van der Waals surface area contributed by atoms with Gasteiger partial charge in [0.2, 0.25) is 5.91 Å². The smallest absolute Gasteiger partial charge is 0.262 e. The van der Waals surface area contributed by atoms with E-state index in [9.17, 15) is 9.59 Å². The number of nitrogens with zero attached hydrogens (tertiary/aromatic N) is 2. The van der Waals surface area contributed by atoms with Crippen LogP contribution < -0.4 is 15.6 Å². The Labute approximate surface area is 149 Å².